The van der Waals surface area contributed by atoms with Gasteiger partial charge in [0.2, 0.25) is 0 Å². The van der Waals surface area contributed by atoms with Crippen LogP contribution >= 0.6 is 0 Å². The first kappa shape index (κ1) is 12.5. The Morgan fingerprint density at radius 2 is 1.52 bits per heavy atom. The molecular formula is C19H24O2. The van der Waals surface area contributed by atoms with Gasteiger partial charge in [-0.2, -0.15) is 0 Å². The highest BCUT2D eigenvalue weighted by molar-refractivity contribution is 5.34. The van der Waals surface area contributed by atoms with Gasteiger partial charge in [-0.1, -0.05) is 12.1 Å². The van der Waals surface area contributed by atoms with Gasteiger partial charge in [-0.15, -0.1) is 0 Å². The van der Waals surface area contributed by atoms with Crippen LogP contribution < -0.4 is 4.74 Å². The Morgan fingerprint density at radius 1 is 0.952 bits per heavy atom. The zero-order valence-corrected chi connectivity index (χ0v) is 12.6. The summed E-state index contributed by atoms with van der Waals surface area (Å²) < 4.78 is 11.0. The maximum Gasteiger partial charge on any atom is 0.119 e. The van der Waals surface area contributed by atoms with E-state index >= 15 is 0 Å². The van der Waals surface area contributed by atoms with E-state index in [1.54, 1.807) is 5.56 Å². The molecule has 0 N–H and O–H groups in total. The average molecular weight is 284 g/mol. The molecule has 1 aromatic rings. The summed E-state index contributed by atoms with van der Waals surface area (Å²) in [7, 11) is 0. The summed E-state index contributed by atoms with van der Waals surface area (Å²) in [5.41, 5.74) is 2.09. The molecule has 0 spiro atoms. The summed E-state index contributed by atoms with van der Waals surface area (Å²) in [4.78, 5) is 0. The molecule has 2 nitrogen and oxygen atoms in total. The minimum Gasteiger partial charge on any atom is -0.491 e. The van der Waals surface area contributed by atoms with E-state index in [1.165, 1.54) is 38.5 Å². The van der Waals surface area contributed by atoms with Crippen molar-refractivity contribution in [2.75, 3.05) is 13.2 Å². The third-order valence-corrected chi connectivity index (χ3v) is 6.34. The topological polar surface area (TPSA) is 21.8 Å². The number of ether oxygens (including phenoxy) is 2. The first-order valence-electron chi connectivity index (χ1n) is 8.64. The van der Waals surface area contributed by atoms with Gasteiger partial charge in [0.25, 0.3) is 0 Å². The lowest BCUT2D eigenvalue weighted by molar-refractivity contribution is -0.00520. The monoisotopic (exact) mass is 284 g/mol. The van der Waals surface area contributed by atoms with Crippen LogP contribution in [0.5, 0.6) is 5.75 Å². The van der Waals surface area contributed by atoms with Crippen LogP contribution in [0.1, 0.15) is 44.1 Å². The van der Waals surface area contributed by atoms with E-state index in [9.17, 15) is 0 Å². The van der Waals surface area contributed by atoms with Crippen LogP contribution in [-0.2, 0) is 10.2 Å². The molecule has 1 aliphatic heterocycles. The van der Waals surface area contributed by atoms with Crippen molar-refractivity contribution in [1.82, 2.24) is 0 Å². The average Bonchev–Trinajstić information content (AvgIpc) is 3.28. The van der Waals surface area contributed by atoms with Gasteiger partial charge in [-0.3, -0.25) is 0 Å². The van der Waals surface area contributed by atoms with Crippen LogP contribution in [0.2, 0.25) is 0 Å². The third-order valence-electron chi connectivity index (χ3n) is 6.34. The molecule has 1 saturated heterocycles. The smallest absolute Gasteiger partial charge is 0.119 e. The number of hydrogen-bond donors (Lipinski definition) is 0. The zero-order chi connectivity index (χ0) is 13.9. The number of epoxide rings is 1. The molecule has 112 valence electrons. The summed E-state index contributed by atoms with van der Waals surface area (Å²) in [5, 5.41) is 0. The predicted octanol–water partition coefficient (Wildman–Crippen LogP) is 3.93. The molecule has 0 amide bonds. The lowest BCUT2D eigenvalue weighted by atomic mass is 9.48. The largest absolute Gasteiger partial charge is 0.491 e. The summed E-state index contributed by atoms with van der Waals surface area (Å²) >= 11 is 0. The van der Waals surface area contributed by atoms with Crippen LogP contribution in [-0.4, -0.2) is 19.3 Å². The second-order valence-electron chi connectivity index (χ2n) is 7.99. The zero-order valence-electron chi connectivity index (χ0n) is 12.6. The van der Waals surface area contributed by atoms with Gasteiger partial charge in [0.1, 0.15) is 18.5 Å². The molecule has 1 heterocycles. The molecule has 4 bridgehead atoms. The molecule has 1 aromatic carbocycles. The van der Waals surface area contributed by atoms with E-state index < -0.39 is 0 Å². The summed E-state index contributed by atoms with van der Waals surface area (Å²) in [5.74, 6) is 4.04. The molecular weight excluding hydrogens is 260 g/mol. The Bertz CT molecular complexity index is 494. The van der Waals surface area contributed by atoms with Crippen molar-refractivity contribution in [3.05, 3.63) is 29.8 Å². The minimum absolute atomic E-state index is 0.341. The standard InChI is InChI=1S/C19H24O2/c1-3-17(20-11-18-12-21-18)4-2-16(1)19-8-13-5-14(9-19)7-15(6-13)10-19/h1-4,13-15,18H,5-12H2. The normalized spacial score (nSPS) is 43.0. The van der Waals surface area contributed by atoms with Gasteiger partial charge in [0, 0.05) is 0 Å². The third kappa shape index (κ3) is 2.19. The Labute approximate surface area is 126 Å². The molecule has 6 rings (SSSR count). The lowest BCUT2D eigenvalue weighted by Crippen LogP contribution is -2.48. The molecule has 0 aromatic heterocycles. The highest BCUT2D eigenvalue weighted by Crippen LogP contribution is 2.60. The second-order valence-corrected chi connectivity index (χ2v) is 7.99. The first-order chi connectivity index (χ1) is 10.3. The van der Waals surface area contributed by atoms with Crippen molar-refractivity contribution < 1.29 is 9.47 Å². The van der Waals surface area contributed by atoms with Gasteiger partial charge in [0.15, 0.2) is 0 Å². The van der Waals surface area contributed by atoms with Crippen LogP contribution in [0, 0.1) is 17.8 Å². The quantitative estimate of drug-likeness (QED) is 0.781. The van der Waals surface area contributed by atoms with E-state index in [2.05, 4.69) is 24.3 Å². The van der Waals surface area contributed by atoms with E-state index in [1.807, 2.05) is 0 Å². The fraction of sp³-hybridized carbons (Fsp3) is 0.684. The van der Waals surface area contributed by atoms with E-state index in [4.69, 9.17) is 9.47 Å². The number of hydrogen-bond acceptors (Lipinski definition) is 2. The minimum atomic E-state index is 0.341. The van der Waals surface area contributed by atoms with Crippen molar-refractivity contribution in [3.63, 3.8) is 0 Å². The van der Waals surface area contributed by atoms with Crippen LogP contribution in [0.15, 0.2) is 24.3 Å². The molecule has 2 heteroatoms. The Hall–Kier alpha value is -1.02. The highest BCUT2D eigenvalue weighted by atomic mass is 16.6. The van der Waals surface area contributed by atoms with Crippen molar-refractivity contribution in [2.24, 2.45) is 17.8 Å². The molecule has 0 radical (unpaired) electrons. The molecule has 4 aliphatic carbocycles. The molecule has 1 unspecified atom stereocenters. The van der Waals surface area contributed by atoms with E-state index in [0.29, 0.717) is 18.1 Å². The molecule has 1 atom stereocenters. The second kappa shape index (κ2) is 4.49. The van der Waals surface area contributed by atoms with Gasteiger partial charge < -0.3 is 9.47 Å². The fourth-order valence-electron chi connectivity index (χ4n) is 5.72. The summed E-state index contributed by atoms with van der Waals surface area (Å²) in [6.07, 6.45) is 9.21. The van der Waals surface area contributed by atoms with E-state index in [0.717, 1.165) is 30.1 Å². The number of rotatable bonds is 4. The van der Waals surface area contributed by atoms with Crippen LogP contribution in [0.4, 0.5) is 0 Å². The van der Waals surface area contributed by atoms with Gasteiger partial charge in [-0.25, -0.2) is 0 Å². The Kier molecular flexibility index (Phi) is 2.67. The molecule has 4 saturated carbocycles. The molecule has 5 aliphatic rings. The summed E-state index contributed by atoms with van der Waals surface area (Å²) in [6.45, 7) is 1.57. The summed E-state index contributed by atoms with van der Waals surface area (Å²) in [6, 6.07) is 9.04. The van der Waals surface area contributed by atoms with Crippen molar-refractivity contribution in [2.45, 2.75) is 50.0 Å². The van der Waals surface area contributed by atoms with Gasteiger partial charge in [0.05, 0.1) is 6.61 Å². The van der Waals surface area contributed by atoms with Crippen LogP contribution in [0.3, 0.4) is 0 Å². The first-order valence-corrected chi connectivity index (χ1v) is 8.64. The van der Waals surface area contributed by atoms with Gasteiger partial charge in [-0.05, 0) is 79.4 Å². The fourth-order valence-corrected chi connectivity index (χ4v) is 5.72. The maximum absolute atomic E-state index is 5.78. The lowest BCUT2D eigenvalue weighted by Gasteiger charge is -2.57. The van der Waals surface area contributed by atoms with Crippen LogP contribution in [0.25, 0.3) is 0 Å². The Balaban J connectivity index is 1.36. The van der Waals surface area contributed by atoms with Crippen molar-refractivity contribution in [3.8, 4) is 5.75 Å². The predicted molar refractivity (Wildman–Crippen MR) is 81.5 cm³/mol. The molecule has 21 heavy (non-hydrogen) atoms. The van der Waals surface area contributed by atoms with Crippen molar-refractivity contribution in [1.29, 1.82) is 0 Å². The SMILES string of the molecule is c1cc(C23CC4CC(CC(C4)C2)C3)ccc1OCC1CO1. The maximum atomic E-state index is 5.78. The Morgan fingerprint density at radius 3 is 2.05 bits per heavy atom. The van der Waals surface area contributed by atoms with Gasteiger partial charge >= 0.3 is 0 Å². The number of benzene rings is 1. The molecule has 5 fully saturated rings. The van der Waals surface area contributed by atoms with Crippen molar-refractivity contribution >= 4 is 0 Å². The van der Waals surface area contributed by atoms with E-state index in [-0.39, 0.29) is 0 Å². The highest BCUT2D eigenvalue weighted by Gasteiger charge is 2.51.